The predicted octanol–water partition coefficient (Wildman–Crippen LogP) is 2.29. The molecule has 0 atom stereocenters. The second kappa shape index (κ2) is 4.84. The molecule has 1 aromatic heterocycles. The van der Waals surface area contributed by atoms with E-state index in [9.17, 15) is 9.18 Å². The Morgan fingerprint density at radius 3 is 2.68 bits per heavy atom. The van der Waals surface area contributed by atoms with Crippen molar-refractivity contribution in [2.45, 2.75) is 31.0 Å². The zero-order valence-corrected chi connectivity index (χ0v) is 15.5. The molecule has 2 aliphatic carbocycles. The van der Waals surface area contributed by atoms with Crippen LogP contribution in [-0.2, 0) is 4.79 Å². The highest BCUT2D eigenvalue weighted by molar-refractivity contribution is 6.03. The SMILES string of the molecule is Cc1cc2c(cc1Nc1ncc3c(n1)N(C14CC1(F)C4)CC(=O)N3C)OCO2. The second-order valence-electron chi connectivity index (χ2n) is 7.94. The summed E-state index contributed by atoms with van der Waals surface area (Å²) in [6, 6.07) is 3.74. The lowest BCUT2D eigenvalue weighted by Gasteiger charge is -2.35. The summed E-state index contributed by atoms with van der Waals surface area (Å²) < 4.78 is 25.2. The molecule has 1 amide bonds. The molecule has 3 heterocycles. The summed E-state index contributed by atoms with van der Waals surface area (Å²) in [5.41, 5.74) is 0.637. The molecule has 1 N–H and O–H groups in total. The van der Waals surface area contributed by atoms with Gasteiger partial charge in [-0.05, 0) is 18.6 Å². The highest BCUT2D eigenvalue weighted by Gasteiger charge is 2.89. The van der Waals surface area contributed by atoms with E-state index in [4.69, 9.17) is 9.47 Å². The van der Waals surface area contributed by atoms with Gasteiger partial charge < -0.3 is 24.6 Å². The normalized spacial score (nSPS) is 28.8. The summed E-state index contributed by atoms with van der Waals surface area (Å²) >= 11 is 0. The number of halogens is 1. The fraction of sp³-hybridized carbons (Fsp3) is 0.421. The molecular formula is C19H18FN5O3. The molecule has 1 aromatic carbocycles. The molecule has 2 fully saturated rings. The van der Waals surface area contributed by atoms with E-state index in [1.54, 1.807) is 13.2 Å². The van der Waals surface area contributed by atoms with E-state index in [0.29, 0.717) is 41.8 Å². The van der Waals surface area contributed by atoms with Crippen LogP contribution >= 0.6 is 0 Å². The standard InChI is InChI=1S/C19H18FN5O3/c1-10-3-13-14(28-9-27-13)4-11(10)22-17-21-5-12-16(23-17)25(6-15(26)24(12)2)19-7-18(19,20)8-19/h3-5H,6-9H2,1-2H3,(H,21,22,23). The Hall–Kier alpha value is -3.10. The highest BCUT2D eigenvalue weighted by Crippen LogP contribution is 2.77. The average molecular weight is 383 g/mol. The van der Waals surface area contributed by atoms with Crippen molar-refractivity contribution >= 4 is 29.0 Å². The monoisotopic (exact) mass is 383 g/mol. The van der Waals surface area contributed by atoms with Crippen LogP contribution in [0.5, 0.6) is 11.5 Å². The van der Waals surface area contributed by atoms with Gasteiger partial charge in [0.2, 0.25) is 18.6 Å². The number of alkyl halides is 1. The number of ether oxygens (including phenoxy) is 2. The lowest BCUT2D eigenvalue weighted by molar-refractivity contribution is -0.117. The van der Waals surface area contributed by atoms with Gasteiger partial charge in [0.15, 0.2) is 17.3 Å². The fourth-order valence-electron chi connectivity index (χ4n) is 4.18. The van der Waals surface area contributed by atoms with Crippen molar-refractivity contribution in [2.24, 2.45) is 0 Å². The van der Waals surface area contributed by atoms with Crippen molar-refractivity contribution in [3.8, 4) is 11.5 Å². The highest BCUT2D eigenvalue weighted by atomic mass is 19.1. The molecule has 8 nitrogen and oxygen atoms in total. The van der Waals surface area contributed by atoms with Gasteiger partial charge in [-0.2, -0.15) is 4.98 Å². The third-order valence-corrected chi connectivity index (χ3v) is 6.25. The number of nitrogens with one attached hydrogen (secondary N) is 1. The van der Waals surface area contributed by atoms with Gasteiger partial charge in [-0.3, -0.25) is 4.79 Å². The maximum absolute atomic E-state index is 14.4. The Morgan fingerprint density at radius 1 is 1.25 bits per heavy atom. The number of amides is 1. The summed E-state index contributed by atoms with van der Waals surface area (Å²) in [6.45, 7) is 2.29. The number of hydrogen-bond donors (Lipinski definition) is 1. The Kier molecular flexibility index (Phi) is 2.75. The zero-order valence-electron chi connectivity index (χ0n) is 15.5. The zero-order chi connectivity index (χ0) is 19.3. The minimum Gasteiger partial charge on any atom is -0.454 e. The number of aromatic nitrogens is 2. The van der Waals surface area contributed by atoms with E-state index < -0.39 is 11.2 Å². The quantitative estimate of drug-likeness (QED) is 0.871. The van der Waals surface area contributed by atoms with E-state index in [0.717, 1.165) is 11.3 Å². The van der Waals surface area contributed by atoms with Crippen LogP contribution < -0.4 is 24.6 Å². The molecule has 9 heteroatoms. The first-order valence-electron chi connectivity index (χ1n) is 9.18. The molecule has 6 rings (SSSR count). The first-order valence-corrected chi connectivity index (χ1v) is 9.18. The van der Waals surface area contributed by atoms with Gasteiger partial charge in [-0.1, -0.05) is 0 Å². The number of nitrogens with zero attached hydrogens (tertiary/aromatic N) is 4. The molecule has 0 radical (unpaired) electrons. The van der Waals surface area contributed by atoms with Crippen LogP contribution in [0.25, 0.3) is 0 Å². The van der Waals surface area contributed by atoms with Gasteiger partial charge in [-0.25, -0.2) is 9.37 Å². The Labute approximate surface area is 160 Å². The maximum Gasteiger partial charge on any atom is 0.246 e. The number of hydrogen-bond acceptors (Lipinski definition) is 7. The van der Waals surface area contributed by atoms with Crippen LogP contribution in [0.1, 0.15) is 18.4 Å². The molecular weight excluding hydrogens is 365 g/mol. The van der Waals surface area contributed by atoms with Crippen LogP contribution in [0.3, 0.4) is 0 Å². The van der Waals surface area contributed by atoms with Crippen molar-refractivity contribution in [1.29, 1.82) is 0 Å². The molecule has 2 aliphatic heterocycles. The van der Waals surface area contributed by atoms with E-state index in [-0.39, 0.29) is 19.2 Å². The summed E-state index contributed by atoms with van der Waals surface area (Å²) in [4.78, 5) is 24.7. The number of rotatable bonds is 3. The maximum atomic E-state index is 14.4. The van der Waals surface area contributed by atoms with Gasteiger partial charge in [0.05, 0.1) is 18.3 Å². The molecule has 2 saturated carbocycles. The van der Waals surface area contributed by atoms with Crippen molar-refractivity contribution < 1.29 is 18.7 Å². The molecule has 2 aromatic rings. The molecule has 0 spiro atoms. The van der Waals surface area contributed by atoms with Crippen LogP contribution in [0.2, 0.25) is 0 Å². The van der Waals surface area contributed by atoms with Crippen molar-refractivity contribution in [3.05, 3.63) is 23.9 Å². The number of likely N-dealkylation sites (N-methyl/N-ethyl adjacent to an activating group) is 1. The summed E-state index contributed by atoms with van der Waals surface area (Å²) in [6.07, 6.45) is 2.54. The Morgan fingerprint density at radius 2 is 1.96 bits per heavy atom. The first kappa shape index (κ1) is 15.9. The Bertz CT molecular complexity index is 1050. The topological polar surface area (TPSA) is 79.8 Å². The number of anilines is 4. The number of benzene rings is 1. The number of fused-ring (bicyclic) bond motifs is 3. The first-order chi connectivity index (χ1) is 13.4. The molecule has 0 saturated heterocycles. The van der Waals surface area contributed by atoms with E-state index in [1.807, 2.05) is 24.0 Å². The van der Waals surface area contributed by atoms with Crippen LogP contribution in [0.15, 0.2) is 18.3 Å². The summed E-state index contributed by atoms with van der Waals surface area (Å²) in [5.74, 6) is 2.27. The van der Waals surface area contributed by atoms with Gasteiger partial charge >= 0.3 is 0 Å². The minimum atomic E-state index is -1.16. The third kappa shape index (κ3) is 1.96. The molecule has 4 aliphatic rings. The number of aryl methyl sites for hydroxylation is 1. The van der Waals surface area contributed by atoms with Crippen molar-refractivity contribution in [1.82, 2.24) is 9.97 Å². The van der Waals surface area contributed by atoms with Crippen molar-refractivity contribution in [2.75, 3.05) is 35.5 Å². The van der Waals surface area contributed by atoms with E-state index in [2.05, 4.69) is 15.3 Å². The van der Waals surface area contributed by atoms with Gasteiger partial charge in [0, 0.05) is 31.6 Å². The lowest BCUT2D eigenvalue weighted by atomic mass is 10.2. The van der Waals surface area contributed by atoms with Crippen molar-refractivity contribution in [3.63, 3.8) is 0 Å². The third-order valence-electron chi connectivity index (χ3n) is 6.25. The van der Waals surface area contributed by atoms with E-state index in [1.165, 1.54) is 4.90 Å². The van der Waals surface area contributed by atoms with E-state index >= 15 is 0 Å². The second-order valence-corrected chi connectivity index (χ2v) is 7.94. The molecule has 28 heavy (non-hydrogen) atoms. The molecule has 0 bridgehead atoms. The smallest absolute Gasteiger partial charge is 0.246 e. The van der Waals surface area contributed by atoms with Gasteiger partial charge in [0.25, 0.3) is 0 Å². The summed E-state index contributed by atoms with van der Waals surface area (Å²) in [5, 5.41) is 3.21. The summed E-state index contributed by atoms with van der Waals surface area (Å²) in [7, 11) is 1.69. The average Bonchev–Trinajstić information content (AvgIpc) is 3.33. The minimum absolute atomic E-state index is 0.0843. The largest absolute Gasteiger partial charge is 0.454 e. The fourth-order valence-corrected chi connectivity index (χ4v) is 4.18. The van der Waals surface area contributed by atoms with Crippen LogP contribution in [0.4, 0.5) is 27.5 Å². The molecule has 144 valence electrons. The van der Waals surface area contributed by atoms with Gasteiger partial charge in [0.1, 0.15) is 11.4 Å². The number of carbonyl (C=O) groups excluding carboxylic acids is 1. The van der Waals surface area contributed by atoms with Crippen LogP contribution in [-0.4, -0.2) is 47.5 Å². The molecule has 0 unspecified atom stereocenters. The lowest BCUT2D eigenvalue weighted by Crippen LogP contribution is -2.47. The Balaban J connectivity index is 1.37. The van der Waals surface area contributed by atoms with Gasteiger partial charge in [-0.15, -0.1) is 0 Å². The number of carbonyl (C=O) groups is 1. The van der Waals surface area contributed by atoms with Crippen LogP contribution in [0, 0.1) is 6.92 Å². The predicted molar refractivity (Wildman–Crippen MR) is 99.2 cm³/mol.